The molecule has 2 N–H and O–H groups in total. The molecule has 1 aliphatic heterocycles. The number of benzene rings is 1. The van der Waals surface area contributed by atoms with Crippen molar-refractivity contribution in [3.63, 3.8) is 0 Å². The molecule has 0 atom stereocenters. The summed E-state index contributed by atoms with van der Waals surface area (Å²) >= 11 is 0. The first-order chi connectivity index (χ1) is 12.7. The van der Waals surface area contributed by atoms with E-state index in [4.69, 9.17) is 14.2 Å². The summed E-state index contributed by atoms with van der Waals surface area (Å²) in [4.78, 5) is 7.08. The molecule has 1 aliphatic rings. The molecule has 0 saturated carbocycles. The highest BCUT2D eigenvalue weighted by molar-refractivity contribution is 5.79. The summed E-state index contributed by atoms with van der Waals surface area (Å²) in [5.41, 5.74) is 2.65. The van der Waals surface area contributed by atoms with Gasteiger partial charge in [0.25, 0.3) is 0 Å². The topological polar surface area (TPSA) is 67.4 Å². The molecule has 0 bridgehead atoms. The van der Waals surface area contributed by atoms with Crippen LogP contribution in [-0.4, -0.2) is 71.5 Å². The van der Waals surface area contributed by atoms with Crippen LogP contribution in [0.15, 0.2) is 17.1 Å². The Kier molecular flexibility index (Phi) is 8.50. The largest absolute Gasteiger partial charge is 0.493 e. The van der Waals surface area contributed by atoms with Crippen molar-refractivity contribution in [2.75, 3.05) is 60.7 Å². The first-order valence-corrected chi connectivity index (χ1v) is 9.19. The minimum atomic E-state index is 0.665. The molecule has 0 fully saturated rings. The van der Waals surface area contributed by atoms with Crippen LogP contribution < -0.4 is 20.1 Å². The van der Waals surface area contributed by atoms with Gasteiger partial charge in [0.1, 0.15) is 0 Å². The van der Waals surface area contributed by atoms with E-state index in [1.165, 1.54) is 11.1 Å². The van der Waals surface area contributed by atoms with E-state index in [9.17, 15) is 0 Å². The van der Waals surface area contributed by atoms with E-state index >= 15 is 0 Å². The van der Waals surface area contributed by atoms with Crippen molar-refractivity contribution < 1.29 is 14.2 Å². The van der Waals surface area contributed by atoms with Gasteiger partial charge in [-0.05, 0) is 36.6 Å². The lowest BCUT2D eigenvalue weighted by Gasteiger charge is -2.29. The Morgan fingerprint density at radius 1 is 1.12 bits per heavy atom. The van der Waals surface area contributed by atoms with Gasteiger partial charge in [-0.3, -0.25) is 9.89 Å². The second-order valence-corrected chi connectivity index (χ2v) is 6.18. The fourth-order valence-corrected chi connectivity index (χ4v) is 3.05. The molecule has 7 heteroatoms. The van der Waals surface area contributed by atoms with Crippen LogP contribution in [0.2, 0.25) is 0 Å². The van der Waals surface area contributed by atoms with Crippen molar-refractivity contribution in [2.24, 2.45) is 4.99 Å². The molecule has 0 aliphatic carbocycles. The first-order valence-electron chi connectivity index (χ1n) is 9.19. The molecular weight excluding hydrogens is 332 g/mol. The maximum absolute atomic E-state index is 5.43. The molecular formula is C19H32N4O3. The van der Waals surface area contributed by atoms with E-state index in [2.05, 4.69) is 39.6 Å². The van der Waals surface area contributed by atoms with Crippen molar-refractivity contribution in [2.45, 2.75) is 19.9 Å². The molecule has 0 amide bonds. The molecule has 0 radical (unpaired) electrons. The zero-order valence-electron chi connectivity index (χ0n) is 16.4. The number of nitrogens with zero attached hydrogens (tertiary/aromatic N) is 2. The van der Waals surface area contributed by atoms with Crippen molar-refractivity contribution in [3.05, 3.63) is 23.3 Å². The molecule has 7 nitrogen and oxygen atoms in total. The summed E-state index contributed by atoms with van der Waals surface area (Å²) in [5.74, 6) is 2.44. The van der Waals surface area contributed by atoms with E-state index in [1.807, 2.05) is 0 Å². The first kappa shape index (κ1) is 20.3. The van der Waals surface area contributed by atoms with Gasteiger partial charge in [0, 0.05) is 39.8 Å². The summed E-state index contributed by atoms with van der Waals surface area (Å²) in [6.45, 7) is 7.96. The van der Waals surface area contributed by atoms with Gasteiger partial charge < -0.3 is 24.8 Å². The summed E-state index contributed by atoms with van der Waals surface area (Å²) < 4.78 is 15.9. The van der Waals surface area contributed by atoms with Gasteiger partial charge in [-0.1, -0.05) is 0 Å². The van der Waals surface area contributed by atoms with Crippen LogP contribution in [0.3, 0.4) is 0 Å². The van der Waals surface area contributed by atoms with E-state index < -0.39 is 0 Å². The lowest BCUT2D eigenvalue weighted by Crippen LogP contribution is -2.39. The molecule has 1 heterocycles. The number of aliphatic imine (C=N–C) groups is 1. The highest BCUT2D eigenvalue weighted by Gasteiger charge is 2.19. The van der Waals surface area contributed by atoms with Crippen LogP contribution in [0.25, 0.3) is 0 Å². The third-order valence-electron chi connectivity index (χ3n) is 4.43. The number of nitrogens with one attached hydrogen (secondary N) is 2. The van der Waals surface area contributed by atoms with E-state index in [-0.39, 0.29) is 0 Å². The van der Waals surface area contributed by atoms with Crippen molar-refractivity contribution in [1.29, 1.82) is 0 Å². The van der Waals surface area contributed by atoms with Crippen LogP contribution >= 0.6 is 0 Å². The van der Waals surface area contributed by atoms with Crippen LogP contribution in [0.4, 0.5) is 0 Å². The molecule has 146 valence electrons. The van der Waals surface area contributed by atoms with Crippen LogP contribution in [0.5, 0.6) is 11.5 Å². The molecule has 26 heavy (non-hydrogen) atoms. The molecule has 2 rings (SSSR count). The highest BCUT2D eigenvalue weighted by atomic mass is 16.5. The third-order valence-corrected chi connectivity index (χ3v) is 4.43. The molecule has 1 aromatic rings. The Morgan fingerprint density at radius 2 is 1.85 bits per heavy atom. The van der Waals surface area contributed by atoms with Gasteiger partial charge >= 0.3 is 0 Å². The number of hydrogen-bond donors (Lipinski definition) is 2. The number of fused-ring (bicyclic) bond motifs is 1. The van der Waals surface area contributed by atoms with Crippen molar-refractivity contribution in [3.8, 4) is 11.5 Å². The maximum Gasteiger partial charge on any atom is 0.191 e. The fraction of sp³-hybridized carbons (Fsp3) is 0.632. The molecule has 0 aromatic heterocycles. The Balaban J connectivity index is 1.90. The second kappa shape index (κ2) is 10.9. The smallest absolute Gasteiger partial charge is 0.191 e. The van der Waals surface area contributed by atoms with E-state index in [0.717, 1.165) is 63.1 Å². The van der Waals surface area contributed by atoms with Gasteiger partial charge in [-0.15, -0.1) is 0 Å². The quantitative estimate of drug-likeness (QED) is 0.391. The average Bonchev–Trinajstić information content (AvgIpc) is 2.67. The minimum Gasteiger partial charge on any atom is -0.493 e. The van der Waals surface area contributed by atoms with Crippen molar-refractivity contribution >= 4 is 5.96 Å². The predicted octanol–water partition coefficient (Wildman–Crippen LogP) is 1.26. The third kappa shape index (κ3) is 5.78. The van der Waals surface area contributed by atoms with Crippen LogP contribution in [-0.2, 0) is 17.7 Å². The van der Waals surface area contributed by atoms with Gasteiger partial charge in [0.15, 0.2) is 17.5 Å². The minimum absolute atomic E-state index is 0.665. The standard InChI is InChI=1S/C19H32N4O3/c1-5-20-19(22-8-11-24-2)21-7-10-23-9-6-15-12-17(25-3)18(26-4)13-16(15)14-23/h12-13H,5-11,14H2,1-4H3,(H2,20,21,22). The maximum atomic E-state index is 5.43. The number of hydrogen-bond acceptors (Lipinski definition) is 5. The van der Waals surface area contributed by atoms with Gasteiger partial charge in [-0.2, -0.15) is 0 Å². The zero-order chi connectivity index (χ0) is 18.8. The normalized spacial score (nSPS) is 14.7. The number of ether oxygens (including phenoxy) is 3. The molecule has 0 saturated heterocycles. The Hall–Kier alpha value is -1.99. The second-order valence-electron chi connectivity index (χ2n) is 6.18. The summed E-state index contributed by atoms with van der Waals surface area (Å²) in [5, 5.41) is 6.52. The van der Waals surface area contributed by atoms with Crippen molar-refractivity contribution in [1.82, 2.24) is 15.5 Å². The van der Waals surface area contributed by atoms with Crippen LogP contribution in [0.1, 0.15) is 18.1 Å². The Bertz CT molecular complexity index is 592. The molecule has 0 spiro atoms. The van der Waals surface area contributed by atoms with Gasteiger partial charge in [0.2, 0.25) is 0 Å². The summed E-state index contributed by atoms with van der Waals surface area (Å²) in [6.07, 6.45) is 1.02. The summed E-state index contributed by atoms with van der Waals surface area (Å²) in [7, 11) is 5.06. The lowest BCUT2D eigenvalue weighted by molar-refractivity contribution is 0.203. The number of methoxy groups -OCH3 is 3. The molecule has 0 unspecified atom stereocenters. The lowest BCUT2D eigenvalue weighted by atomic mass is 9.99. The van der Waals surface area contributed by atoms with E-state index in [1.54, 1.807) is 21.3 Å². The number of rotatable bonds is 9. The Morgan fingerprint density at radius 3 is 2.50 bits per heavy atom. The zero-order valence-corrected chi connectivity index (χ0v) is 16.4. The van der Waals surface area contributed by atoms with E-state index in [0.29, 0.717) is 6.61 Å². The monoisotopic (exact) mass is 364 g/mol. The fourth-order valence-electron chi connectivity index (χ4n) is 3.05. The average molecular weight is 364 g/mol. The van der Waals surface area contributed by atoms with Crippen LogP contribution in [0, 0.1) is 0 Å². The predicted molar refractivity (Wildman–Crippen MR) is 104 cm³/mol. The highest BCUT2D eigenvalue weighted by Crippen LogP contribution is 2.33. The molecule has 1 aromatic carbocycles. The van der Waals surface area contributed by atoms with Gasteiger partial charge in [-0.25, -0.2) is 0 Å². The Labute approximate surface area is 156 Å². The number of guanidine groups is 1. The van der Waals surface area contributed by atoms with Gasteiger partial charge in [0.05, 0.1) is 27.4 Å². The SMILES string of the molecule is CCNC(=NCCN1CCc2cc(OC)c(OC)cc2C1)NCCOC. The summed E-state index contributed by atoms with van der Waals surface area (Å²) in [6, 6.07) is 4.20.